The number of aliphatic imine (C=N–C) groups is 1. The summed E-state index contributed by atoms with van der Waals surface area (Å²) in [6.45, 7) is 3.39. The molecule has 1 saturated heterocycles. The van der Waals surface area contributed by atoms with Crippen molar-refractivity contribution in [2.45, 2.75) is 32.2 Å². The average Bonchev–Trinajstić information content (AvgIpc) is 2.97. The van der Waals surface area contributed by atoms with E-state index < -0.39 is 9.84 Å². The fourth-order valence-electron chi connectivity index (χ4n) is 2.93. The Morgan fingerprint density at radius 1 is 1.27 bits per heavy atom. The van der Waals surface area contributed by atoms with Crippen LogP contribution in [0.3, 0.4) is 0 Å². The number of ether oxygens (including phenoxy) is 2. The standard InChI is InChI=1S/C18H29N3O4S/c1-4-19-18(21-15-9-11-26(22,23)13-15)20-10-5-6-14-7-8-16(24-2)17(12-14)25-3/h7-8,12,15H,4-6,9-11,13H2,1-3H3,(H2,19,20,21). The fraction of sp³-hybridized carbons (Fsp3) is 0.611. The largest absolute Gasteiger partial charge is 0.493 e. The number of rotatable bonds is 8. The second-order valence-electron chi connectivity index (χ2n) is 6.30. The molecule has 26 heavy (non-hydrogen) atoms. The quantitative estimate of drug-likeness (QED) is 0.400. The molecule has 0 saturated carbocycles. The number of hydrogen-bond donors (Lipinski definition) is 2. The molecule has 0 aromatic heterocycles. The molecule has 8 heteroatoms. The number of sulfone groups is 1. The first-order valence-corrected chi connectivity index (χ1v) is 10.8. The van der Waals surface area contributed by atoms with Gasteiger partial charge < -0.3 is 20.1 Å². The van der Waals surface area contributed by atoms with Gasteiger partial charge in [-0.3, -0.25) is 4.99 Å². The van der Waals surface area contributed by atoms with Crippen LogP contribution in [-0.2, 0) is 16.3 Å². The van der Waals surface area contributed by atoms with Crippen molar-refractivity contribution in [2.75, 3.05) is 38.8 Å². The molecular weight excluding hydrogens is 354 g/mol. The maximum absolute atomic E-state index is 11.6. The third kappa shape index (κ3) is 6.09. The summed E-state index contributed by atoms with van der Waals surface area (Å²) in [6.07, 6.45) is 2.40. The van der Waals surface area contributed by atoms with Crippen molar-refractivity contribution in [3.05, 3.63) is 23.8 Å². The van der Waals surface area contributed by atoms with E-state index >= 15 is 0 Å². The SMILES string of the molecule is CCNC(=NCCCc1ccc(OC)c(OC)c1)NC1CCS(=O)(=O)C1. The summed E-state index contributed by atoms with van der Waals surface area (Å²) in [4.78, 5) is 4.56. The van der Waals surface area contributed by atoms with Gasteiger partial charge in [0.15, 0.2) is 27.3 Å². The first kappa shape index (κ1) is 20.4. The molecule has 0 aliphatic carbocycles. The molecule has 2 rings (SSSR count). The summed E-state index contributed by atoms with van der Waals surface area (Å²) in [5.41, 5.74) is 1.16. The van der Waals surface area contributed by atoms with E-state index in [1.165, 1.54) is 0 Å². The highest BCUT2D eigenvalue weighted by molar-refractivity contribution is 7.91. The number of benzene rings is 1. The first-order valence-electron chi connectivity index (χ1n) is 8.93. The molecule has 0 radical (unpaired) electrons. The van der Waals surface area contributed by atoms with E-state index in [1.54, 1.807) is 14.2 Å². The summed E-state index contributed by atoms with van der Waals surface area (Å²) >= 11 is 0. The van der Waals surface area contributed by atoms with Gasteiger partial charge in [-0.1, -0.05) is 6.07 Å². The van der Waals surface area contributed by atoms with E-state index in [1.807, 2.05) is 25.1 Å². The lowest BCUT2D eigenvalue weighted by atomic mass is 10.1. The van der Waals surface area contributed by atoms with Crippen LogP contribution >= 0.6 is 0 Å². The molecule has 1 aliphatic rings. The first-order chi connectivity index (χ1) is 12.5. The molecule has 2 N–H and O–H groups in total. The van der Waals surface area contributed by atoms with Crippen LogP contribution in [0.25, 0.3) is 0 Å². The summed E-state index contributed by atoms with van der Waals surface area (Å²) < 4.78 is 33.7. The van der Waals surface area contributed by atoms with E-state index in [2.05, 4.69) is 15.6 Å². The summed E-state index contributed by atoms with van der Waals surface area (Å²) in [7, 11) is 0.354. The minimum absolute atomic E-state index is 0.0522. The normalized spacial score (nSPS) is 19.2. The van der Waals surface area contributed by atoms with Gasteiger partial charge in [-0.15, -0.1) is 0 Å². The highest BCUT2D eigenvalue weighted by Crippen LogP contribution is 2.27. The van der Waals surface area contributed by atoms with Gasteiger partial charge in [-0.05, 0) is 43.9 Å². The van der Waals surface area contributed by atoms with E-state index in [0.29, 0.717) is 18.9 Å². The van der Waals surface area contributed by atoms with Crippen molar-refractivity contribution in [2.24, 2.45) is 4.99 Å². The molecule has 7 nitrogen and oxygen atoms in total. The van der Waals surface area contributed by atoms with Crippen molar-refractivity contribution in [1.29, 1.82) is 0 Å². The molecule has 146 valence electrons. The van der Waals surface area contributed by atoms with Gasteiger partial charge in [0.05, 0.1) is 25.7 Å². The molecule has 1 aromatic rings. The van der Waals surface area contributed by atoms with Gasteiger partial charge >= 0.3 is 0 Å². The number of nitrogens with zero attached hydrogens (tertiary/aromatic N) is 1. The second-order valence-corrected chi connectivity index (χ2v) is 8.53. The smallest absolute Gasteiger partial charge is 0.191 e. The van der Waals surface area contributed by atoms with Crippen molar-refractivity contribution in [3.8, 4) is 11.5 Å². The van der Waals surface area contributed by atoms with Crippen LogP contribution in [0.1, 0.15) is 25.3 Å². The molecule has 1 atom stereocenters. The second kappa shape index (κ2) is 9.66. The van der Waals surface area contributed by atoms with E-state index in [-0.39, 0.29) is 17.5 Å². The van der Waals surface area contributed by atoms with E-state index in [4.69, 9.17) is 9.47 Å². The predicted molar refractivity (Wildman–Crippen MR) is 104 cm³/mol. The monoisotopic (exact) mass is 383 g/mol. The fourth-order valence-corrected chi connectivity index (χ4v) is 4.61. The maximum atomic E-state index is 11.6. The summed E-state index contributed by atoms with van der Waals surface area (Å²) in [6, 6.07) is 5.86. The Morgan fingerprint density at radius 3 is 2.65 bits per heavy atom. The number of methoxy groups -OCH3 is 2. The molecule has 1 fully saturated rings. The summed E-state index contributed by atoms with van der Waals surface area (Å²) in [5, 5.41) is 6.40. The molecule has 0 spiro atoms. The van der Waals surface area contributed by atoms with Crippen molar-refractivity contribution < 1.29 is 17.9 Å². The van der Waals surface area contributed by atoms with Gasteiger partial charge in [-0.25, -0.2) is 8.42 Å². The topological polar surface area (TPSA) is 89.0 Å². The Kier molecular flexibility index (Phi) is 7.56. The highest BCUT2D eigenvalue weighted by Gasteiger charge is 2.28. The van der Waals surface area contributed by atoms with Crippen LogP contribution in [0.15, 0.2) is 23.2 Å². The third-order valence-electron chi connectivity index (χ3n) is 4.26. The number of aryl methyl sites for hydroxylation is 1. The number of nitrogens with one attached hydrogen (secondary N) is 2. The molecule has 1 aromatic carbocycles. The highest BCUT2D eigenvalue weighted by atomic mass is 32.2. The van der Waals surface area contributed by atoms with Crippen LogP contribution in [0.5, 0.6) is 11.5 Å². The van der Waals surface area contributed by atoms with Gasteiger partial charge in [0.2, 0.25) is 0 Å². The number of hydrogen-bond acceptors (Lipinski definition) is 5. The molecule has 0 amide bonds. The van der Waals surface area contributed by atoms with Gasteiger partial charge in [-0.2, -0.15) is 0 Å². The Bertz CT molecular complexity index is 719. The Hall–Kier alpha value is -1.96. The molecule has 1 aliphatic heterocycles. The predicted octanol–water partition coefficient (Wildman–Crippen LogP) is 1.38. The minimum Gasteiger partial charge on any atom is -0.493 e. The minimum atomic E-state index is -2.90. The average molecular weight is 384 g/mol. The van der Waals surface area contributed by atoms with Crippen LogP contribution in [-0.4, -0.2) is 59.2 Å². The lowest BCUT2D eigenvalue weighted by Gasteiger charge is -2.15. The van der Waals surface area contributed by atoms with Gasteiger partial charge in [0, 0.05) is 19.1 Å². The summed E-state index contributed by atoms with van der Waals surface area (Å²) in [5.74, 6) is 2.57. The molecule has 1 heterocycles. The van der Waals surface area contributed by atoms with Crippen molar-refractivity contribution in [1.82, 2.24) is 10.6 Å². The molecule has 1 unspecified atom stereocenters. The van der Waals surface area contributed by atoms with E-state index in [9.17, 15) is 8.42 Å². The third-order valence-corrected chi connectivity index (χ3v) is 6.03. The Balaban J connectivity index is 1.86. The van der Waals surface area contributed by atoms with Crippen LogP contribution in [0.2, 0.25) is 0 Å². The van der Waals surface area contributed by atoms with Gasteiger partial charge in [0.1, 0.15) is 0 Å². The Labute approximate surface area is 156 Å². The molecular formula is C18H29N3O4S. The van der Waals surface area contributed by atoms with Crippen molar-refractivity contribution >= 4 is 15.8 Å². The zero-order valence-corrected chi connectivity index (χ0v) is 16.6. The van der Waals surface area contributed by atoms with Crippen LogP contribution < -0.4 is 20.1 Å². The lowest BCUT2D eigenvalue weighted by molar-refractivity contribution is 0.354. The zero-order valence-electron chi connectivity index (χ0n) is 15.7. The maximum Gasteiger partial charge on any atom is 0.191 e. The molecule has 0 bridgehead atoms. The lowest BCUT2D eigenvalue weighted by Crippen LogP contribution is -2.44. The van der Waals surface area contributed by atoms with Crippen LogP contribution in [0.4, 0.5) is 0 Å². The zero-order chi connectivity index (χ0) is 19.0. The van der Waals surface area contributed by atoms with E-state index in [0.717, 1.165) is 36.4 Å². The van der Waals surface area contributed by atoms with Gasteiger partial charge in [0.25, 0.3) is 0 Å². The number of guanidine groups is 1. The van der Waals surface area contributed by atoms with Crippen molar-refractivity contribution in [3.63, 3.8) is 0 Å². The van der Waals surface area contributed by atoms with Crippen LogP contribution in [0, 0.1) is 0 Å². The Morgan fingerprint density at radius 2 is 2.04 bits per heavy atom.